The molecule has 2 aliphatic rings. The van der Waals surface area contributed by atoms with Crippen LogP contribution < -0.4 is 0 Å². The first-order valence-electron chi connectivity index (χ1n) is 11.7. The molecule has 0 saturated heterocycles. The third-order valence-corrected chi connectivity index (χ3v) is 7.77. The van der Waals surface area contributed by atoms with Crippen LogP contribution in [0.5, 0.6) is 0 Å². The van der Waals surface area contributed by atoms with E-state index in [1.54, 1.807) is 0 Å². The molecule has 2 aliphatic carbocycles. The second-order valence-electron chi connectivity index (χ2n) is 9.87. The number of hydrogen-bond donors (Lipinski definition) is 0. The number of benzene rings is 4. The molecule has 0 spiro atoms. The Bertz CT molecular complexity index is 1520. The van der Waals surface area contributed by atoms with Crippen molar-refractivity contribution in [3.05, 3.63) is 106 Å². The molecule has 0 amide bonds. The molecule has 33 heavy (non-hydrogen) atoms. The van der Waals surface area contributed by atoms with Gasteiger partial charge >= 0.3 is 0 Å². The van der Waals surface area contributed by atoms with Gasteiger partial charge in [0.2, 0.25) is 0 Å². The van der Waals surface area contributed by atoms with Crippen molar-refractivity contribution in [1.82, 2.24) is 0 Å². The van der Waals surface area contributed by atoms with Crippen LogP contribution in [0.1, 0.15) is 58.5 Å². The van der Waals surface area contributed by atoms with Crippen molar-refractivity contribution in [2.24, 2.45) is 11.8 Å². The van der Waals surface area contributed by atoms with Crippen molar-refractivity contribution >= 4 is 33.1 Å². The fourth-order valence-electron chi connectivity index (χ4n) is 6.05. The number of ketones is 2. The Balaban J connectivity index is 1.56. The molecule has 162 valence electrons. The number of fused-ring (bicyclic) bond motifs is 4. The Hall–Kier alpha value is -3.52. The van der Waals surface area contributed by atoms with Gasteiger partial charge in [0.1, 0.15) is 0 Å². The van der Waals surface area contributed by atoms with Crippen molar-refractivity contribution in [3.63, 3.8) is 0 Å². The van der Waals surface area contributed by atoms with E-state index in [2.05, 4.69) is 50.2 Å². The minimum absolute atomic E-state index is 0.0549. The molecule has 4 aromatic carbocycles. The average molecular weight is 431 g/mol. The Labute approximate surface area is 193 Å². The van der Waals surface area contributed by atoms with E-state index in [-0.39, 0.29) is 29.3 Å². The zero-order valence-electron chi connectivity index (χ0n) is 19.2. The van der Waals surface area contributed by atoms with E-state index in [4.69, 9.17) is 0 Å². The van der Waals surface area contributed by atoms with Gasteiger partial charge in [0, 0.05) is 28.9 Å². The van der Waals surface area contributed by atoms with E-state index in [1.807, 2.05) is 43.3 Å². The molecule has 0 fully saturated rings. The second kappa shape index (κ2) is 7.25. The lowest BCUT2D eigenvalue weighted by Gasteiger charge is -2.34. The third-order valence-electron chi connectivity index (χ3n) is 7.77. The van der Waals surface area contributed by atoms with E-state index in [9.17, 15) is 9.59 Å². The summed E-state index contributed by atoms with van der Waals surface area (Å²) in [5, 5.41) is 4.42. The summed E-state index contributed by atoms with van der Waals surface area (Å²) in [4.78, 5) is 27.7. The predicted molar refractivity (Wildman–Crippen MR) is 134 cm³/mol. The lowest BCUT2D eigenvalue weighted by Crippen LogP contribution is -2.38. The molecule has 4 aromatic rings. The van der Waals surface area contributed by atoms with Gasteiger partial charge < -0.3 is 0 Å². The van der Waals surface area contributed by atoms with Crippen molar-refractivity contribution in [2.75, 3.05) is 0 Å². The molecule has 0 heterocycles. The van der Waals surface area contributed by atoms with Crippen molar-refractivity contribution in [1.29, 1.82) is 0 Å². The van der Waals surface area contributed by atoms with Crippen LogP contribution >= 0.6 is 0 Å². The van der Waals surface area contributed by atoms with Gasteiger partial charge in [0.25, 0.3) is 0 Å². The molecule has 2 heteroatoms. The van der Waals surface area contributed by atoms with Gasteiger partial charge in [-0.2, -0.15) is 0 Å². The van der Waals surface area contributed by atoms with Crippen LogP contribution in [0.2, 0.25) is 0 Å². The van der Waals surface area contributed by atoms with Crippen LogP contribution in [-0.2, 0) is 6.42 Å². The molecular weight excluding hydrogens is 404 g/mol. The van der Waals surface area contributed by atoms with Crippen LogP contribution in [-0.4, -0.2) is 11.6 Å². The summed E-state index contributed by atoms with van der Waals surface area (Å²) in [6.07, 6.45) is 0.850. The zero-order chi connectivity index (χ0) is 22.9. The number of hydrogen-bond acceptors (Lipinski definition) is 2. The molecular formula is C31H26O2. The fourth-order valence-corrected chi connectivity index (χ4v) is 6.05. The van der Waals surface area contributed by atoms with Crippen molar-refractivity contribution in [3.8, 4) is 0 Å². The minimum Gasteiger partial charge on any atom is -0.294 e. The number of carbonyl (C=O) groups is 2. The third kappa shape index (κ3) is 2.94. The number of carbonyl (C=O) groups excluding carboxylic acids is 2. The van der Waals surface area contributed by atoms with E-state index < -0.39 is 0 Å². The van der Waals surface area contributed by atoms with Gasteiger partial charge in [0.15, 0.2) is 11.6 Å². The normalized spacial score (nSPS) is 22.0. The Morgan fingerprint density at radius 3 is 1.82 bits per heavy atom. The van der Waals surface area contributed by atoms with Gasteiger partial charge in [-0.15, -0.1) is 0 Å². The monoisotopic (exact) mass is 430 g/mol. The molecule has 6 rings (SSSR count). The van der Waals surface area contributed by atoms with Gasteiger partial charge in [-0.05, 0) is 65.1 Å². The lowest BCUT2D eigenvalue weighted by atomic mass is 9.66. The molecule has 0 radical (unpaired) electrons. The van der Waals surface area contributed by atoms with Crippen LogP contribution in [0.25, 0.3) is 21.5 Å². The van der Waals surface area contributed by atoms with Crippen molar-refractivity contribution < 1.29 is 9.59 Å². The van der Waals surface area contributed by atoms with Gasteiger partial charge in [-0.3, -0.25) is 9.59 Å². The summed E-state index contributed by atoms with van der Waals surface area (Å²) in [5.74, 6) is -0.600. The highest BCUT2D eigenvalue weighted by Gasteiger charge is 2.47. The Morgan fingerprint density at radius 2 is 1.24 bits per heavy atom. The first kappa shape index (κ1) is 20.1. The first-order chi connectivity index (χ1) is 15.9. The van der Waals surface area contributed by atoms with Gasteiger partial charge in [0.05, 0.1) is 0 Å². The van der Waals surface area contributed by atoms with Crippen molar-refractivity contribution in [2.45, 2.75) is 33.1 Å². The lowest BCUT2D eigenvalue weighted by molar-refractivity contribution is 0.0732. The van der Waals surface area contributed by atoms with Crippen LogP contribution in [0.3, 0.4) is 0 Å². The van der Waals surface area contributed by atoms with Crippen LogP contribution in [0, 0.1) is 11.8 Å². The highest BCUT2D eigenvalue weighted by Crippen LogP contribution is 2.50. The summed E-state index contributed by atoms with van der Waals surface area (Å²) in [5.41, 5.74) is 6.21. The molecule has 0 aromatic heterocycles. The SMILES string of the molecule is CC(C)=C1Cc2cc3ccccc3cc2C1C1C(=O)c2cc3ccccc3cc2C(=O)C1C. The molecule has 0 aliphatic heterocycles. The van der Waals surface area contributed by atoms with E-state index in [0.29, 0.717) is 11.1 Å². The highest BCUT2D eigenvalue weighted by molar-refractivity contribution is 6.18. The summed E-state index contributed by atoms with van der Waals surface area (Å²) in [7, 11) is 0. The largest absolute Gasteiger partial charge is 0.294 e. The molecule has 0 bridgehead atoms. The summed E-state index contributed by atoms with van der Waals surface area (Å²) >= 11 is 0. The maximum atomic E-state index is 14.1. The minimum atomic E-state index is -0.376. The first-order valence-corrected chi connectivity index (χ1v) is 11.7. The number of rotatable bonds is 1. The van der Waals surface area contributed by atoms with Gasteiger partial charge in [-0.25, -0.2) is 0 Å². The summed E-state index contributed by atoms with van der Waals surface area (Å²) < 4.78 is 0. The smallest absolute Gasteiger partial charge is 0.168 e. The van der Waals surface area contributed by atoms with Crippen LogP contribution in [0.15, 0.2) is 83.9 Å². The summed E-state index contributed by atoms with van der Waals surface area (Å²) in [6.45, 7) is 6.22. The quantitative estimate of drug-likeness (QED) is 0.297. The predicted octanol–water partition coefficient (Wildman–Crippen LogP) is 7.30. The van der Waals surface area contributed by atoms with E-state index >= 15 is 0 Å². The Kier molecular flexibility index (Phi) is 4.42. The second-order valence-corrected chi connectivity index (χ2v) is 9.87. The topological polar surface area (TPSA) is 34.1 Å². The van der Waals surface area contributed by atoms with E-state index in [1.165, 1.54) is 33.0 Å². The highest BCUT2D eigenvalue weighted by atomic mass is 16.1. The number of Topliss-reactive ketones (excluding diaryl/α,β-unsaturated/α-hetero) is 2. The standard InChI is InChI=1S/C31H26O2/c1-17(2)24-16-23-12-19-8-4-5-9-20(19)13-25(23)29(24)28-18(3)30(32)26-14-21-10-6-7-11-22(21)15-27(26)31(28)33/h4-15,18,28-29H,16H2,1-3H3. The maximum Gasteiger partial charge on any atom is 0.168 e. The Morgan fingerprint density at radius 1 is 0.727 bits per heavy atom. The average Bonchev–Trinajstić information content (AvgIpc) is 3.19. The summed E-state index contributed by atoms with van der Waals surface area (Å²) in [6, 6.07) is 24.7. The maximum absolute atomic E-state index is 14.1. The molecule has 3 unspecified atom stereocenters. The van der Waals surface area contributed by atoms with E-state index in [0.717, 1.165) is 17.2 Å². The zero-order valence-corrected chi connectivity index (χ0v) is 19.2. The van der Waals surface area contributed by atoms with Gasteiger partial charge in [-0.1, -0.05) is 78.7 Å². The van der Waals surface area contributed by atoms with Crippen LogP contribution in [0.4, 0.5) is 0 Å². The molecule has 0 N–H and O–H groups in total. The molecule has 3 atom stereocenters. The molecule has 2 nitrogen and oxygen atoms in total. The molecule has 0 saturated carbocycles. The fraction of sp³-hybridized carbons (Fsp3) is 0.226. The number of allylic oxidation sites excluding steroid dienone is 2.